The normalized spacial score (nSPS) is 10.2. The van der Waals surface area contributed by atoms with Crippen LogP contribution in [0.2, 0.25) is 0 Å². The molecule has 2 heteroatoms. The summed E-state index contributed by atoms with van der Waals surface area (Å²) in [6.07, 6.45) is 2.32. The fourth-order valence-electron chi connectivity index (χ4n) is 2.14. The molecular formula is C18H18O2. The molecule has 2 aromatic carbocycles. The van der Waals surface area contributed by atoms with E-state index in [9.17, 15) is 9.59 Å². The molecule has 0 N–H and O–H groups in total. The number of carbonyl (C=O) groups excluding carboxylic acids is 2. The van der Waals surface area contributed by atoms with E-state index in [0.29, 0.717) is 23.1 Å². The predicted molar refractivity (Wildman–Crippen MR) is 80.2 cm³/mol. The van der Waals surface area contributed by atoms with Gasteiger partial charge >= 0.3 is 0 Å². The fourth-order valence-corrected chi connectivity index (χ4v) is 2.14. The van der Waals surface area contributed by atoms with Gasteiger partial charge in [-0.15, -0.1) is 0 Å². The second-order valence-electron chi connectivity index (χ2n) is 4.77. The van der Waals surface area contributed by atoms with Gasteiger partial charge in [-0.2, -0.15) is 0 Å². The Hall–Kier alpha value is -2.22. The molecule has 0 aliphatic carbocycles. The lowest BCUT2D eigenvalue weighted by molar-refractivity contribution is 0.0965. The molecule has 0 unspecified atom stereocenters. The molecule has 0 saturated heterocycles. The van der Waals surface area contributed by atoms with Gasteiger partial charge in [0.25, 0.3) is 0 Å². The number of ketones is 2. The summed E-state index contributed by atoms with van der Waals surface area (Å²) in [5.74, 6) is -0.0437. The van der Waals surface area contributed by atoms with Crippen molar-refractivity contribution < 1.29 is 9.59 Å². The monoisotopic (exact) mass is 266 g/mol. The van der Waals surface area contributed by atoms with Crippen molar-refractivity contribution in [3.63, 3.8) is 0 Å². The highest BCUT2D eigenvalue weighted by atomic mass is 16.1. The van der Waals surface area contributed by atoms with Gasteiger partial charge in [0.1, 0.15) is 0 Å². The minimum atomic E-state index is -0.0916. The van der Waals surface area contributed by atoms with Gasteiger partial charge < -0.3 is 0 Å². The van der Waals surface area contributed by atoms with Gasteiger partial charge in [0, 0.05) is 23.1 Å². The number of unbranched alkanes of at least 4 members (excludes halogenated alkanes) is 1. The highest BCUT2D eigenvalue weighted by Gasteiger charge is 2.17. The Bertz CT molecular complexity index is 600. The smallest absolute Gasteiger partial charge is 0.193 e. The van der Waals surface area contributed by atoms with E-state index < -0.39 is 0 Å². The van der Waals surface area contributed by atoms with Crippen molar-refractivity contribution in [3.8, 4) is 0 Å². The number of hydrogen-bond acceptors (Lipinski definition) is 2. The van der Waals surface area contributed by atoms with Crippen molar-refractivity contribution in [2.24, 2.45) is 0 Å². The van der Waals surface area contributed by atoms with Crippen molar-refractivity contribution in [2.75, 3.05) is 0 Å². The second kappa shape index (κ2) is 6.80. The SMILES string of the molecule is CCCCC(=O)c1ccccc1C(=O)c1ccccc1. The quantitative estimate of drug-likeness (QED) is 0.731. The molecule has 0 aromatic heterocycles. The topological polar surface area (TPSA) is 34.1 Å². The molecular weight excluding hydrogens is 248 g/mol. The van der Waals surface area contributed by atoms with E-state index in [4.69, 9.17) is 0 Å². The molecule has 102 valence electrons. The highest BCUT2D eigenvalue weighted by Crippen LogP contribution is 2.17. The summed E-state index contributed by atoms with van der Waals surface area (Å²) >= 11 is 0. The van der Waals surface area contributed by atoms with Crippen LogP contribution in [0, 0.1) is 0 Å². The van der Waals surface area contributed by atoms with E-state index in [1.807, 2.05) is 25.1 Å². The number of benzene rings is 2. The van der Waals surface area contributed by atoms with Gasteiger partial charge in [-0.1, -0.05) is 67.9 Å². The van der Waals surface area contributed by atoms with E-state index >= 15 is 0 Å². The van der Waals surface area contributed by atoms with Gasteiger partial charge in [-0.05, 0) is 6.42 Å². The summed E-state index contributed by atoms with van der Waals surface area (Å²) in [6, 6.07) is 16.2. The van der Waals surface area contributed by atoms with Gasteiger partial charge in [-0.25, -0.2) is 0 Å². The minimum Gasteiger partial charge on any atom is -0.294 e. The maximum absolute atomic E-state index is 12.5. The molecule has 20 heavy (non-hydrogen) atoms. The summed E-state index contributed by atoms with van der Waals surface area (Å²) in [4.78, 5) is 24.7. The summed E-state index contributed by atoms with van der Waals surface area (Å²) in [5, 5.41) is 0. The molecule has 0 amide bonds. The summed E-state index contributed by atoms with van der Waals surface area (Å²) in [7, 11) is 0. The lowest BCUT2D eigenvalue weighted by Crippen LogP contribution is -2.10. The second-order valence-corrected chi connectivity index (χ2v) is 4.77. The standard InChI is InChI=1S/C18H18O2/c1-2-3-13-17(19)15-11-7-8-12-16(15)18(20)14-9-5-4-6-10-14/h4-12H,2-3,13H2,1H3. The number of rotatable bonds is 6. The zero-order valence-electron chi connectivity index (χ0n) is 11.6. The van der Waals surface area contributed by atoms with Gasteiger partial charge in [0.2, 0.25) is 0 Å². The average molecular weight is 266 g/mol. The number of hydrogen-bond donors (Lipinski definition) is 0. The van der Waals surface area contributed by atoms with Crippen molar-refractivity contribution in [1.29, 1.82) is 0 Å². The zero-order valence-corrected chi connectivity index (χ0v) is 11.6. The molecule has 0 aliphatic rings. The third-order valence-electron chi connectivity index (χ3n) is 3.27. The van der Waals surface area contributed by atoms with Gasteiger partial charge in [0.15, 0.2) is 11.6 Å². The van der Waals surface area contributed by atoms with Crippen LogP contribution < -0.4 is 0 Å². The minimum absolute atomic E-state index is 0.0479. The van der Waals surface area contributed by atoms with E-state index in [-0.39, 0.29) is 11.6 Å². The van der Waals surface area contributed by atoms with E-state index in [2.05, 4.69) is 0 Å². The molecule has 0 fully saturated rings. The summed E-state index contributed by atoms with van der Waals surface area (Å²) in [5.41, 5.74) is 1.65. The molecule has 0 atom stereocenters. The number of carbonyl (C=O) groups is 2. The summed E-state index contributed by atoms with van der Waals surface area (Å²) < 4.78 is 0. The molecule has 0 heterocycles. The van der Waals surface area contributed by atoms with Crippen molar-refractivity contribution in [2.45, 2.75) is 26.2 Å². The summed E-state index contributed by atoms with van der Waals surface area (Å²) in [6.45, 7) is 2.05. The van der Waals surface area contributed by atoms with Crippen LogP contribution in [0.15, 0.2) is 54.6 Å². The molecule has 0 bridgehead atoms. The van der Waals surface area contributed by atoms with Crippen LogP contribution in [0.4, 0.5) is 0 Å². The largest absolute Gasteiger partial charge is 0.294 e. The first-order valence-corrected chi connectivity index (χ1v) is 6.96. The Balaban J connectivity index is 2.33. The third kappa shape index (κ3) is 3.21. The number of Topliss-reactive ketones (excluding diaryl/α,β-unsaturated/α-hetero) is 1. The first kappa shape index (κ1) is 14.2. The molecule has 2 aromatic rings. The van der Waals surface area contributed by atoms with E-state index in [1.54, 1.807) is 36.4 Å². The Morgan fingerprint density at radius 2 is 1.45 bits per heavy atom. The van der Waals surface area contributed by atoms with Crippen LogP contribution in [-0.4, -0.2) is 11.6 Å². The lowest BCUT2D eigenvalue weighted by atomic mass is 9.94. The third-order valence-corrected chi connectivity index (χ3v) is 3.27. The molecule has 0 radical (unpaired) electrons. The van der Waals surface area contributed by atoms with Crippen LogP contribution in [0.25, 0.3) is 0 Å². The highest BCUT2D eigenvalue weighted by molar-refractivity contribution is 6.15. The maximum Gasteiger partial charge on any atom is 0.193 e. The Morgan fingerprint density at radius 3 is 2.10 bits per heavy atom. The van der Waals surface area contributed by atoms with E-state index in [1.165, 1.54) is 0 Å². The average Bonchev–Trinajstić information content (AvgIpc) is 2.52. The van der Waals surface area contributed by atoms with Gasteiger partial charge in [-0.3, -0.25) is 9.59 Å². The Morgan fingerprint density at radius 1 is 0.850 bits per heavy atom. The molecule has 0 saturated carbocycles. The van der Waals surface area contributed by atoms with Crippen LogP contribution in [0.3, 0.4) is 0 Å². The Kier molecular flexibility index (Phi) is 4.83. The van der Waals surface area contributed by atoms with Crippen molar-refractivity contribution in [3.05, 3.63) is 71.3 Å². The maximum atomic E-state index is 12.5. The van der Waals surface area contributed by atoms with E-state index in [0.717, 1.165) is 12.8 Å². The van der Waals surface area contributed by atoms with Crippen molar-refractivity contribution in [1.82, 2.24) is 0 Å². The van der Waals surface area contributed by atoms with Crippen LogP contribution >= 0.6 is 0 Å². The zero-order chi connectivity index (χ0) is 14.4. The molecule has 0 aliphatic heterocycles. The lowest BCUT2D eigenvalue weighted by Gasteiger charge is -2.07. The first-order chi connectivity index (χ1) is 9.74. The van der Waals surface area contributed by atoms with Crippen LogP contribution in [-0.2, 0) is 0 Å². The van der Waals surface area contributed by atoms with Crippen LogP contribution in [0.1, 0.15) is 52.5 Å². The fraction of sp³-hybridized carbons (Fsp3) is 0.222. The molecule has 2 rings (SSSR count). The molecule has 0 spiro atoms. The Labute approximate surface area is 119 Å². The predicted octanol–water partition coefficient (Wildman–Crippen LogP) is 4.29. The van der Waals surface area contributed by atoms with Crippen molar-refractivity contribution >= 4 is 11.6 Å². The van der Waals surface area contributed by atoms with Gasteiger partial charge in [0.05, 0.1) is 0 Å². The molecule has 2 nitrogen and oxygen atoms in total. The first-order valence-electron chi connectivity index (χ1n) is 6.96. The van der Waals surface area contributed by atoms with Crippen LogP contribution in [0.5, 0.6) is 0 Å².